The van der Waals surface area contributed by atoms with Gasteiger partial charge in [0, 0.05) is 11.0 Å². The zero-order valence-corrected chi connectivity index (χ0v) is 28.9. The van der Waals surface area contributed by atoms with E-state index in [1.165, 1.54) is 87.6 Å². The van der Waals surface area contributed by atoms with Crippen molar-refractivity contribution in [3.63, 3.8) is 0 Å². The Kier molecular flexibility index (Phi) is 6.04. The van der Waals surface area contributed by atoms with Crippen LogP contribution in [0.2, 0.25) is 0 Å². The number of hydrogen-bond donors (Lipinski definition) is 0. The topological polar surface area (TPSA) is 26.0 Å². The molecule has 0 saturated carbocycles. The van der Waals surface area contributed by atoms with Crippen LogP contribution >= 0.6 is 0 Å². The number of nitrogens with zero attached hydrogens (tertiary/aromatic N) is 1. The van der Waals surface area contributed by atoms with Crippen molar-refractivity contribution in [2.45, 2.75) is 19.3 Å². The van der Waals surface area contributed by atoms with Crippen molar-refractivity contribution in [1.29, 1.82) is 0 Å². The Morgan fingerprint density at radius 2 is 0.962 bits per heavy atom. The molecule has 2 nitrogen and oxygen atoms in total. The van der Waals surface area contributed by atoms with Crippen molar-refractivity contribution in [1.82, 2.24) is 4.98 Å². The quantitative estimate of drug-likeness (QED) is 0.176. The maximum absolute atomic E-state index is 6.25. The molecular weight excluding hydrogens is 631 g/mol. The second-order valence-electron chi connectivity index (χ2n) is 14.7. The number of fused-ring (bicyclic) bond motifs is 8. The monoisotopic (exact) mass is 663 g/mol. The van der Waals surface area contributed by atoms with Crippen molar-refractivity contribution in [2.24, 2.45) is 0 Å². The minimum Gasteiger partial charge on any atom is -0.436 e. The lowest BCUT2D eigenvalue weighted by Crippen LogP contribution is -2.15. The van der Waals surface area contributed by atoms with Crippen LogP contribution in [0, 0.1) is 0 Å². The minimum atomic E-state index is -0.248. The number of para-hydroxylation sites is 2. The highest BCUT2D eigenvalue weighted by Gasteiger charge is 2.37. The van der Waals surface area contributed by atoms with E-state index in [4.69, 9.17) is 9.40 Å². The molecule has 0 radical (unpaired) electrons. The maximum Gasteiger partial charge on any atom is 0.227 e. The zero-order valence-electron chi connectivity index (χ0n) is 28.9. The predicted molar refractivity (Wildman–Crippen MR) is 218 cm³/mol. The van der Waals surface area contributed by atoms with Crippen LogP contribution in [0.1, 0.15) is 25.0 Å². The third kappa shape index (κ3) is 4.09. The first-order valence-corrected chi connectivity index (χ1v) is 18.0. The summed E-state index contributed by atoms with van der Waals surface area (Å²) in [4.78, 5) is 4.85. The highest BCUT2D eigenvalue weighted by molar-refractivity contribution is 6.26. The van der Waals surface area contributed by atoms with Crippen LogP contribution in [0.5, 0.6) is 0 Å². The number of hydrogen-bond acceptors (Lipinski definition) is 2. The molecule has 1 aliphatic rings. The Hall–Kier alpha value is -6.51. The minimum absolute atomic E-state index is 0.248. The molecule has 1 aliphatic carbocycles. The van der Waals surface area contributed by atoms with E-state index in [-0.39, 0.29) is 5.41 Å². The van der Waals surface area contributed by atoms with Gasteiger partial charge in [0.05, 0.1) is 0 Å². The molecule has 2 heteroatoms. The number of rotatable bonds is 3. The van der Waals surface area contributed by atoms with E-state index in [1.54, 1.807) is 0 Å². The number of aromatic nitrogens is 1. The third-order valence-electron chi connectivity index (χ3n) is 11.5. The summed E-state index contributed by atoms with van der Waals surface area (Å²) in [5.74, 6) is 0.656. The molecule has 9 aromatic carbocycles. The fourth-order valence-corrected chi connectivity index (χ4v) is 9.00. The molecule has 0 amide bonds. The number of benzene rings is 9. The fraction of sp³-hybridized carbons (Fsp3) is 0.0600. The zero-order chi connectivity index (χ0) is 34.6. The highest BCUT2D eigenvalue weighted by Crippen LogP contribution is 2.54. The first-order chi connectivity index (χ1) is 25.5. The Morgan fingerprint density at radius 1 is 0.423 bits per heavy atom. The van der Waals surface area contributed by atoms with Gasteiger partial charge in [0.15, 0.2) is 5.58 Å². The Labute approximate surface area is 301 Å². The molecule has 10 aromatic rings. The third-order valence-corrected chi connectivity index (χ3v) is 11.5. The molecule has 0 unspecified atom stereocenters. The summed E-state index contributed by atoms with van der Waals surface area (Å²) in [7, 11) is 0. The molecule has 0 N–H and O–H groups in total. The number of oxazole rings is 1. The van der Waals surface area contributed by atoms with Gasteiger partial charge in [0.25, 0.3) is 0 Å². The van der Waals surface area contributed by atoms with E-state index >= 15 is 0 Å². The second-order valence-corrected chi connectivity index (χ2v) is 14.7. The molecule has 0 spiro atoms. The summed E-state index contributed by atoms with van der Waals surface area (Å²) < 4.78 is 6.25. The van der Waals surface area contributed by atoms with Crippen LogP contribution in [0.25, 0.3) is 99.0 Å². The molecule has 0 fully saturated rings. The van der Waals surface area contributed by atoms with Gasteiger partial charge >= 0.3 is 0 Å². The van der Waals surface area contributed by atoms with Crippen molar-refractivity contribution in [3.8, 4) is 44.8 Å². The molecule has 0 saturated heterocycles. The van der Waals surface area contributed by atoms with Crippen molar-refractivity contribution >= 4 is 54.2 Å². The summed E-state index contributed by atoms with van der Waals surface area (Å²) in [5, 5.41) is 10.1. The van der Waals surface area contributed by atoms with E-state index in [1.807, 2.05) is 24.3 Å². The van der Waals surface area contributed by atoms with Gasteiger partial charge in [-0.2, -0.15) is 0 Å². The van der Waals surface area contributed by atoms with E-state index < -0.39 is 0 Å². The van der Waals surface area contributed by atoms with Crippen molar-refractivity contribution in [2.75, 3.05) is 0 Å². The lowest BCUT2D eigenvalue weighted by Gasteiger charge is -2.24. The van der Waals surface area contributed by atoms with Gasteiger partial charge in [-0.05, 0) is 124 Å². The molecule has 244 valence electrons. The van der Waals surface area contributed by atoms with Crippen LogP contribution in [0.4, 0.5) is 0 Å². The van der Waals surface area contributed by atoms with Gasteiger partial charge in [-0.3, -0.25) is 0 Å². The van der Waals surface area contributed by atoms with Crippen LogP contribution in [0.15, 0.2) is 168 Å². The SMILES string of the molecule is CC1(C)c2cc(-c3nc4ccccc4o3)ccc2-c2cc3c(-c4cccc5ccccc45)c4ccccc4c(-c4cccc5ccccc45)c3cc21. The largest absolute Gasteiger partial charge is 0.436 e. The summed E-state index contributed by atoms with van der Waals surface area (Å²) in [6, 6.07) is 59.8. The molecule has 0 aliphatic heterocycles. The van der Waals surface area contributed by atoms with E-state index in [0.717, 1.165) is 16.7 Å². The fourth-order valence-electron chi connectivity index (χ4n) is 9.00. The molecule has 0 bridgehead atoms. The summed E-state index contributed by atoms with van der Waals surface area (Å²) >= 11 is 0. The van der Waals surface area contributed by atoms with Gasteiger partial charge < -0.3 is 4.42 Å². The smallest absolute Gasteiger partial charge is 0.227 e. The first-order valence-electron chi connectivity index (χ1n) is 18.0. The molecule has 0 atom stereocenters. The standard InChI is InChI=1S/C50H33NO/c1-50(2)43-27-32(49-51-45-23-9-10-24-46(45)52-49)25-26-35(43)40-28-41-42(29-44(40)50)48(37-22-12-16-31-14-4-6-18-34(31)37)39-20-8-7-19-38(39)47(41)36-21-11-15-30-13-3-5-17-33(30)36/h3-29H,1-2H3. The Balaban J connectivity index is 1.26. The molecular formula is C50H33NO. The lowest BCUT2D eigenvalue weighted by molar-refractivity contribution is 0.618. The average molecular weight is 664 g/mol. The molecule has 1 aromatic heterocycles. The van der Waals surface area contributed by atoms with E-state index in [2.05, 4.69) is 153 Å². The second kappa shape index (κ2) is 10.7. The van der Waals surface area contributed by atoms with Crippen LogP contribution in [-0.4, -0.2) is 4.98 Å². The summed E-state index contributed by atoms with van der Waals surface area (Å²) in [6.45, 7) is 4.73. The Bertz CT molecular complexity index is 3060. The van der Waals surface area contributed by atoms with Gasteiger partial charge in [-0.15, -0.1) is 0 Å². The lowest BCUT2D eigenvalue weighted by atomic mass is 9.79. The van der Waals surface area contributed by atoms with Crippen LogP contribution in [0.3, 0.4) is 0 Å². The summed E-state index contributed by atoms with van der Waals surface area (Å²) in [6.07, 6.45) is 0. The maximum atomic E-state index is 6.25. The Morgan fingerprint density at radius 3 is 1.62 bits per heavy atom. The molecule has 11 rings (SSSR count). The van der Waals surface area contributed by atoms with Crippen molar-refractivity contribution < 1.29 is 4.42 Å². The summed E-state index contributed by atoms with van der Waals surface area (Å²) in [5.41, 5.74) is 12.7. The van der Waals surface area contributed by atoms with Gasteiger partial charge in [0.1, 0.15) is 5.52 Å². The molecule has 1 heterocycles. The van der Waals surface area contributed by atoms with Gasteiger partial charge in [0.2, 0.25) is 5.89 Å². The van der Waals surface area contributed by atoms with E-state index in [9.17, 15) is 0 Å². The normalized spacial score (nSPS) is 13.3. The van der Waals surface area contributed by atoms with Gasteiger partial charge in [-0.1, -0.05) is 141 Å². The first kappa shape index (κ1) is 29.2. The van der Waals surface area contributed by atoms with Gasteiger partial charge in [-0.25, -0.2) is 4.98 Å². The van der Waals surface area contributed by atoms with E-state index in [0.29, 0.717) is 5.89 Å². The average Bonchev–Trinajstić information content (AvgIpc) is 3.72. The van der Waals surface area contributed by atoms with Crippen LogP contribution in [-0.2, 0) is 5.41 Å². The highest BCUT2D eigenvalue weighted by atomic mass is 16.3. The molecule has 52 heavy (non-hydrogen) atoms. The van der Waals surface area contributed by atoms with Crippen LogP contribution < -0.4 is 0 Å². The predicted octanol–water partition coefficient (Wildman–Crippen LogP) is 13.7. The van der Waals surface area contributed by atoms with Crippen molar-refractivity contribution in [3.05, 3.63) is 175 Å².